The summed E-state index contributed by atoms with van der Waals surface area (Å²) in [5.74, 6) is -0.116. The molecule has 1 atom stereocenters. The minimum Gasteiger partial charge on any atom is -0.361 e. The van der Waals surface area contributed by atoms with Crippen molar-refractivity contribution in [1.82, 2.24) is 4.98 Å². The molecule has 148 valence electrons. The van der Waals surface area contributed by atoms with Crippen molar-refractivity contribution in [1.29, 1.82) is 0 Å². The second-order valence-electron chi connectivity index (χ2n) is 7.51. The first-order chi connectivity index (χ1) is 14.6. The molecule has 5 rings (SSSR count). The zero-order valence-electron chi connectivity index (χ0n) is 16.4. The Hall–Kier alpha value is -3.37. The van der Waals surface area contributed by atoms with Gasteiger partial charge in [0.2, 0.25) is 5.91 Å². The number of fused-ring (bicyclic) bond motifs is 2. The molecule has 1 amide bonds. The first kappa shape index (κ1) is 18.6. The van der Waals surface area contributed by atoms with Crippen LogP contribution in [0.5, 0.6) is 0 Å². The maximum Gasteiger partial charge on any atom is 0.249 e. The van der Waals surface area contributed by atoms with Crippen molar-refractivity contribution in [3.63, 3.8) is 0 Å². The van der Waals surface area contributed by atoms with Crippen LogP contribution in [-0.4, -0.2) is 22.6 Å². The Balaban J connectivity index is 1.66. The van der Waals surface area contributed by atoms with Gasteiger partial charge in [-0.3, -0.25) is 9.79 Å². The molecule has 1 aliphatic rings. The van der Waals surface area contributed by atoms with Crippen LogP contribution in [0.2, 0.25) is 5.02 Å². The average molecular weight is 414 g/mol. The first-order valence-electron chi connectivity index (χ1n) is 9.90. The largest absolute Gasteiger partial charge is 0.361 e. The van der Waals surface area contributed by atoms with Crippen LogP contribution in [0.4, 0.5) is 5.69 Å². The summed E-state index contributed by atoms with van der Waals surface area (Å²) in [6.07, 6.45) is 2.47. The Labute approximate surface area is 179 Å². The van der Waals surface area contributed by atoms with Crippen LogP contribution in [0.1, 0.15) is 22.3 Å². The molecule has 0 radical (unpaired) electrons. The van der Waals surface area contributed by atoms with E-state index in [0.29, 0.717) is 11.4 Å². The number of nitrogens with zero attached hydrogens (tertiary/aromatic N) is 1. The predicted molar refractivity (Wildman–Crippen MR) is 123 cm³/mol. The van der Waals surface area contributed by atoms with Gasteiger partial charge in [-0.1, -0.05) is 60.1 Å². The molecular formula is C25H20ClN3O. The molecule has 2 heterocycles. The molecule has 0 fully saturated rings. The number of aromatic amines is 1. The minimum atomic E-state index is -0.551. The van der Waals surface area contributed by atoms with Gasteiger partial charge in [-0.2, -0.15) is 0 Å². The topological polar surface area (TPSA) is 57.2 Å². The highest BCUT2D eigenvalue weighted by Gasteiger charge is 2.28. The number of hydrogen-bond donors (Lipinski definition) is 2. The number of aliphatic imine (C=N–C) groups is 1. The van der Waals surface area contributed by atoms with E-state index in [4.69, 9.17) is 16.6 Å². The Bertz CT molecular complexity index is 1290. The molecular weight excluding hydrogens is 394 g/mol. The van der Waals surface area contributed by atoms with Gasteiger partial charge in [0.15, 0.2) is 0 Å². The maximum absolute atomic E-state index is 13.2. The first-order valence-corrected chi connectivity index (χ1v) is 10.3. The second kappa shape index (κ2) is 7.47. The van der Waals surface area contributed by atoms with E-state index in [1.165, 1.54) is 0 Å². The van der Waals surface area contributed by atoms with Crippen LogP contribution in [0, 0.1) is 6.92 Å². The van der Waals surface area contributed by atoms with Crippen molar-refractivity contribution in [2.75, 3.05) is 5.32 Å². The van der Waals surface area contributed by atoms with Crippen molar-refractivity contribution in [2.45, 2.75) is 19.4 Å². The maximum atomic E-state index is 13.2. The van der Waals surface area contributed by atoms with Gasteiger partial charge >= 0.3 is 0 Å². The lowest BCUT2D eigenvalue weighted by atomic mass is 9.96. The predicted octanol–water partition coefficient (Wildman–Crippen LogP) is 5.53. The summed E-state index contributed by atoms with van der Waals surface area (Å²) in [6, 6.07) is 21.2. The van der Waals surface area contributed by atoms with Crippen LogP contribution in [0.15, 0.2) is 77.9 Å². The molecule has 0 unspecified atom stereocenters. The van der Waals surface area contributed by atoms with Gasteiger partial charge in [-0.15, -0.1) is 0 Å². The molecule has 4 nitrogen and oxygen atoms in total. The van der Waals surface area contributed by atoms with Crippen molar-refractivity contribution < 1.29 is 4.79 Å². The highest BCUT2D eigenvalue weighted by Crippen LogP contribution is 2.32. The van der Waals surface area contributed by atoms with Crippen molar-refractivity contribution >= 4 is 39.8 Å². The second-order valence-corrected chi connectivity index (χ2v) is 7.91. The van der Waals surface area contributed by atoms with Crippen LogP contribution in [-0.2, 0) is 11.2 Å². The highest BCUT2D eigenvalue weighted by molar-refractivity contribution is 6.33. The number of anilines is 1. The van der Waals surface area contributed by atoms with Gasteiger partial charge in [-0.05, 0) is 36.2 Å². The molecule has 1 aliphatic heterocycles. The van der Waals surface area contributed by atoms with Gasteiger partial charge in [0.05, 0.1) is 11.4 Å². The van der Waals surface area contributed by atoms with Crippen LogP contribution in [0.25, 0.3) is 10.9 Å². The lowest BCUT2D eigenvalue weighted by Gasteiger charge is -2.14. The number of amides is 1. The smallest absolute Gasteiger partial charge is 0.249 e. The third kappa shape index (κ3) is 3.19. The number of nitrogens with one attached hydrogen (secondary N) is 2. The van der Waals surface area contributed by atoms with E-state index in [2.05, 4.69) is 16.4 Å². The lowest BCUT2D eigenvalue weighted by Crippen LogP contribution is -2.27. The summed E-state index contributed by atoms with van der Waals surface area (Å²) in [7, 11) is 0. The number of carbonyl (C=O) groups excluding carboxylic acids is 1. The number of hydrogen-bond acceptors (Lipinski definition) is 2. The van der Waals surface area contributed by atoms with E-state index in [1.807, 2.05) is 73.8 Å². The van der Waals surface area contributed by atoms with Gasteiger partial charge in [0.25, 0.3) is 0 Å². The number of carbonyl (C=O) groups is 1. The van der Waals surface area contributed by atoms with Crippen LogP contribution < -0.4 is 5.32 Å². The third-order valence-corrected chi connectivity index (χ3v) is 6.03. The van der Waals surface area contributed by atoms with Gasteiger partial charge in [-0.25, -0.2) is 0 Å². The molecule has 0 bridgehead atoms. The lowest BCUT2D eigenvalue weighted by molar-refractivity contribution is -0.117. The van der Waals surface area contributed by atoms with Crippen LogP contribution >= 0.6 is 11.6 Å². The zero-order valence-corrected chi connectivity index (χ0v) is 17.2. The fourth-order valence-corrected chi connectivity index (χ4v) is 4.21. The number of benzene rings is 3. The molecule has 2 N–H and O–H groups in total. The van der Waals surface area contributed by atoms with Crippen molar-refractivity contribution in [3.05, 3.63) is 100 Å². The number of aromatic nitrogens is 1. The Kier molecular flexibility index (Phi) is 4.64. The van der Waals surface area contributed by atoms with E-state index < -0.39 is 6.04 Å². The van der Waals surface area contributed by atoms with Crippen molar-refractivity contribution in [2.24, 2.45) is 4.99 Å². The zero-order chi connectivity index (χ0) is 20.7. The Morgan fingerprint density at radius 1 is 1.00 bits per heavy atom. The molecule has 0 saturated heterocycles. The van der Waals surface area contributed by atoms with Crippen LogP contribution in [0.3, 0.4) is 0 Å². The Morgan fingerprint density at radius 3 is 2.60 bits per heavy atom. The standard InChI is InChI=1S/C25H20ClN3O/c1-15-19(26)11-12-21-23(15)24(16-7-3-2-4-8-16)28-22(25(30)29-21)13-17-14-27-20-10-6-5-9-18(17)20/h2-12,14,22,27H,13H2,1H3,(H,29,30)/t22-/m1/s1. The van der Waals surface area contributed by atoms with Gasteiger partial charge in [0.1, 0.15) is 6.04 Å². The summed E-state index contributed by atoms with van der Waals surface area (Å²) < 4.78 is 0. The molecule has 5 heteroatoms. The summed E-state index contributed by atoms with van der Waals surface area (Å²) in [4.78, 5) is 21.4. The van der Waals surface area contributed by atoms with E-state index >= 15 is 0 Å². The fraction of sp³-hybridized carbons (Fsp3) is 0.120. The molecule has 30 heavy (non-hydrogen) atoms. The third-order valence-electron chi connectivity index (χ3n) is 5.62. The Morgan fingerprint density at radius 2 is 1.77 bits per heavy atom. The minimum absolute atomic E-state index is 0.116. The summed E-state index contributed by atoms with van der Waals surface area (Å²) >= 11 is 6.43. The quantitative estimate of drug-likeness (QED) is 0.455. The summed E-state index contributed by atoms with van der Waals surface area (Å²) in [5, 5.41) is 4.85. The monoisotopic (exact) mass is 413 g/mol. The molecule has 1 aromatic heterocycles. The van der Waals surface area contributed by atoms with Gasteiger partial charge < -0.3 is 10.3 Å². The average Bonchev–Trinajstić information content (AvgIpc) is 3.11. The van der Waals surface area contributed by atoms with Crippen molar-refractivity contribution in [3.8, 4) is 0 Å². The molecule has 0 spiro atoms. The normalized spacial score (nSPS) is 16.0. The van der Waals surface area contributed by atoms with E-state index in [9.17, 15) is 4.79 Å². The summed E-state index contributed by atoms with van der Waals surface area (Å²) in [6.45, 7) is 1.96. The molecule has 3 aromatic carbocycles. The van der Waals surface area contributed by atoms with E-state index in [1.54, 1.807) is 0 Å². The number of para-hydroxylation sites is 1. The fourth-order valence-electron chi connectivity index (χ4n) is 4.05. The SMILES string of the molecule is Cc1c(Cl)ccc2c1C(c1ccccc1)=N[C@H](Cc1c[nH]c3ccccc13)C(=O)N2. The van der Waals surface area contributed by atoms with E-state index in [-0.39, 0.29) is 5.91 Å². The highest BCUT2D eigenvalue weighted by atomic mass is 35.5. The number of halogens is 1. The molecule has 0 aliphatic carbocycles. The van der Waals surface area contributed by atoms with Gasteiger partial charge in [0, 0.05) is 39.7 Å². The summed E-state index contributed by atoms with van der Waals surface area (Å²) in [5.41, 5.74) is 6.40. The molecule has 0 saturated carbocycles. The number of rotatable bonds is 3. The van der Waals surface area contributed by atoms with E-state index in [0.717, 1.165) is 44.6 Å². The molecule has 4 aromatic rings. The number of benzodiazepines with no additional fused rings is 1. The number of H-pyrrole nitrogens is 1.